The molecule has 1 rings (SSSR count). The molecule has 1 heterocycles. The van der Waals surface area contributed by atoms with Crippen molar-refractivity contribution in [2.24, 2.45) is 0 Å². The fourth-order valence-corrected chi connectivity index (χ4v) is 1.25. The predicted octanol–water partition coefficient (Wildman–Crippen LogP) is 1.72. The molecule has 0 aliphatic heterocycles. The molecule has 0 radical (unpaired) electrons. The number of nitrogens with zero attached hydrogens (tertiary/aromatic N) is 2. The predicted molar refractivity (Wildman–Crippen MR) is 53.7 cm³/mol. The van der Waals surface area contributed by atoms with E-state index in [2.05, 4.69) is 14.5 Å². The Balaban J connectivity index is 3.56. The number of aromatic nitrogens is 1. The summed E-state index contributed by atoms with van der Waals surface area (Å²) in [7, 11) is 2.07. The molecule has 0 spiro atoms. The minimum absolute atomic E-state index is 0.390. The molecule has 0 aliphatic rings. The van der Waals surface area contributed by atoms with Crippen LogP contribution in [-0.2, 0) is 4.74 Å². The summed E-state index contributed by atoms with van der Waals surface area (Å²) in [4.78, 5) is 24.0. The normalized spacial score (nSPS) is 10.3. The molecule has 0 amide bonds. The van der Waals surface area contributed by atoms with Crippen molar-refractivity contribution in [3.63, 3.8) is 0 Å². The lowest BCUT2D eigenvalue weighted by atomic mass is 10.1. The third kappa shape index (κ3) is 2.50. The first kappa shape index (κ1) is 13.7. The molecule has 0 saturated heterocycles. The van der Waals surface area contributed by atoms with Gasteiger partial charge in [-0.3, -0.25) is 0 Å². The molecule has 0 saturated carbocycles. The van der Waals surface area contributed by atoms with Crippen LogP contribution in [0.25, 0.3) is 0 Å². The number of pyridine rings is 1. The molecule has 0 aliphatic carbocycles. The highest BCUT2D eigenvalue weighted by Crippen LogP contribution is 2.32. The van der Waals surface area contributed by atoms with Crippen molar-refractivity contribution in [1.82, 2.24) is 4.98 Å². The molecule has 9 heteroatoms. The Morgan fingerprint density at radius 3 is 2.50 bits per heavy atom. The van der Waals surface area contributed by atoms with E-state index in [-0.39, 0.29) is 5.75 Å². The van der Waals surface area contributed by atoms with Crippen LogP contribution in [0.3, 0.4) is 0 Å². The first-order valence-electron chi connectivity index (χ1n) is 4.52. The summed E-state index contributed by atoms with van der Waals surface area (Å²) in [5.41, 5.74) is -1.67. The smallest absolute Gasteiger partial charge is 0.367 e. The highest BCUT2D eigenvalue weighted by molar-refractivity contribution is 5.94. The molecule has 0 aromatic carbocycles. The lowest BCUT2D eigenvalue weighted by molar-refractivity contribution is -0.389. The van der Waals surface area contributed by atoms with Gasteiger partial charge < -0.3 is 19.6 Å². The van der Waals surface area contributed by atoms with Crippen molar-refractivity contribution < 1.29 is 28.0 Å². The average molecular weight is 262 g/mol. The van der Waals surface area contributed by atoms with Crippen LogP contribution in [0.2, 0.25) is 0 Å². The minimum atomic E-state index is -3.17. The van der Waals surface area contributed by atoms with E-state index in [1.165, 1.54) is 0 Å². The molecule has 0 unspecified atom stereocenters. The van der Waals surface area contributed by atoms with Gasteiger partial charge in [-0.05, 0) is 9.91 Å². The molecule has 1 aromatic rings. The molecule has 0 N–H and O–H groups in total. The number of nitro groups is 1. The van der Waals surface area contributed by atoms with Crippen LogP contribution in [0.5, 0.6) is 5.75 Å². The largest absolute Gasteiger partial charge is 0.495 e. The lowest BCUT2D eigenvalue weighted by Gasteiger charge is -2.08. The average Bonchev–Trinajstić information content (AvgIpc) is 2.35. The van der Waals surface area contributed by atoms with Crippen molar-refractivity contribution in [3.8, 4) is 5.75 Å². The molecular formula is C9H8F2N2O5. The van der Waals surface area contributed by atoms with Crippen LogP contribution in [0.4, 0.5) is 14.6 Å². The van der Waals surface area contributed by atoms with Crippen LogP contribution in [-0.4, -0.2) is 30.1 Å². The SMILES string of the molecule is COC(=O)c1c(OC)cc([N+](=O)[O-])nc1C(F)F. The van der Waals surface area contributed by atoms with E-state index in [1.54, 1.807) is 0 Å². The van der Waals surface area contributed by atoms with Gasteiger partial charge in [0.2, 0.25) is 5.69 Å². The van der Waals surface area contributed by atoms with Gasteiger partial charge in [-0.1, -0.05) is 0 Å². The highest BCUT2D eigenvalue weighted by atomic mass is 19.3. The zero-order valence-electron chi connectivity index (χ0n) is 9.35. The van der Waals surface area contributed by atoms with E-state index in [0.29, 0.717) is 0 Å². The van der Waals surface area contributed by atoms with Gasteiger partial charge in [-0.15, -0.1) is 0 Å². The maximum Gasteiger partial charge on any atom is 0.367 e. The van der Waals surface area contributed by atoms with Crippen molar-refractivity contribution in [3.05, 3.63) is 27.4 Å². The Bertz CT molecular complexity index is 492. The van der Waals surface area contributed by atoms with Gasteiger partial charge in [0, 0.05) is 0 Å². The maximum atomic E-state index is 12.7. The number of carbonyl (C=O) groups excluding carboxylic acids is 1. The fourth-order valence-electron chi connectivity index (χ4n) is 1.25. The second-order valence-electron chi connectivity index (χ2n) is 2.99. The van der Waals surface area contributed by atoms with E-state index >= 15 is 0 Å². The van der Waals surface area contributed by atoms with E-state index < -0.39 is 34.4 Å². The second-order valence-corrected chi connectivity index (χ2v) is 2.99. The third-order valence-corrected chi connectivity index (χ3v) is 2.00. The van der Waals surface area contributed by atoms with Crippen molar-refractivity contribution in [2.45, 2.75) is 6.43 Å². The van der Waals surface area contributed by atoms with Crippen LogP contribution in [0.1, 0.15) is 22.5 Å². The molecule has 0 fully saturated rings. The molecular weight excluding hydrogens is 254 g/mol. The number of alkyl halides is 2. The monoisotopic (exact) mass is 262 g/mol. The number of carbonyl (C=O) groups is 1. The van der Waals surface area contributed by atoms with E-state index in [9.17, 15) is 23.7 Å². The summed E-state index contributed by atoms with van der Waals surface area (Å²) in [6.07, 6.45) is -3.17. The summed E-state index contributed by atoms with van der Waals surface area (Å²) in [5, 5.41) is 10.5. The van der Waals surface area contributed by atoms with Crippen molar-refractivity contribution in [1.29, 1.82) is 0 Å². The fraction of sp³-hybridized carbons (Fsp3) is 0.333. The van der Waals surface area contributed by atoms with Gasteiger partial charge in [0.15, 0.2) is 5.56 Å². The number of rotatable bonds is 4. The Hall–Kier alpha value is -2.32. The van der Waals surface area contributed by atoms with Gasteiger partial charge >= 0.3 is 18.2 Å². The number of methoxy groups -OCH3 is 2. The number of hydrogen-bond donors (Lipinski definition) is 0. The lowest BCUT2D eigenvalue weighted by Crippen LogP contribution is -2.12. The summed E-state index contributed by atoms with van der Waals surface area (Å²) >= 11 is 0. The van der Waals surface area contributed by atoms with E-state index in [4.69, 9.17) is 0 Å². The second kappa shape index (κ2) is 5.34. The van der Waals surface area contributed by atoms with Crippen LogP contribution in [0.15, 0.2) is 6.07 Å². The molecule has 98 valence electrons. The van der Waals surface area contributed by atoms with E-state index in [0.717, 1.165) is 20.3 Å². The van der Waals surface area contributed by atoms with Crippen LogP contribution >= 0.6 is 0 Å². The summed E-state index contributed by atoms with van der Waals surface area (Å²) in [5.74, 6) is -2.33. The number of esters is 1. The van der Waals surface area contributed by atoms with Gasteiger partial charge in [-0.25, -0.2) is 13.6 Å². The molecule has 0 atom stereocenters. The molecule has 0 bridgehead atoms. The molecule has 18 heavy (non-hydrogen) atoms. The van der Waals surface area contributed by atoms with E-state index in [1.807, 2.05) is 0 Å². The zero-order valence-corrected chi connectivity index (χ0v) is 9.35. The maximum absolute atomic E-state index is 12.7. The first-order chi connectivity index (χ1) is 8.42. The quantitative estimate of drug-likeness (QED) is 0.466. The standard InChI is InChI=1S/C9H8F2N2O5/c1-17-4-3-5(13(15)16)12-7(8(10)11)6(4)9(14)18-2/h3,8H,1-2H3. The molecule has 1 aromatic heterocycles. The summed E-state index contributed by atoms with van der Waals surface area (Å²) in [6, 6.07) is 0.776. The Morgan fingerprint density at radius 2 is 2.11 bits per heavy atom. The number of halogens is 2. The number of hydrogen-bond acceptors (Lipinski definition) is 6. The third-order valence-electron chi connectivity index (χ3n) is 2.00. The van der Waals surface area contributed by atoms with Crippen molar-refractivity contribution >= 4 is 11.8 Å². The molecule has 7 nitrogen and oxygen atoms in total. The number of ether oxygens (including phenoxy) is 2. The minimum Gasteiger partial charge on any atom is -0.495 e. The van der Waals surface area contributed by atoms with Gasteiger partial charge in [0.25, 0.3) is 0 Å². The Morgan fingerprint density at radius 1 is 1.50 bits per heavy atom. The van der Waals surface area contributed by atoms with Gasteiger partial charge in [0.1, 0.15) is 5.75 Å². The Labute approximate surface area is 99.5 Å². The van der Waals surface area contributed by atoms with Crippen LogP contribution in [0, 0.1) is 10.1 Å². The summed E-state index contributed by atoms with van der Waals surface area (Å²) < 4.78 is 34.5. The van der Waals surface area contributed by atoms with Crippen LogP contribution < -0.4 is 4.74 Å². The topological polar surface area (TPSA) is 91.6 Å². The van der Waals surface area contributed by atoms with Gasteiger partial charge in [-0.2, -0.15) is 0 Å². The zero-order chi connectivity index (χ0) is 13.9. The van der Waals surface area contributed by atoms with Gasteiger partial charge in [0.05, 0.1) is 20.3 Å². The Kier molecular flexibility index (Phi) is 4.08. The highest BCUT2D eigenvalue weighted by Gasteiger charge is 2.32. The summed E-state index contributed by atoms with van der Waals surface area (Å²) in [6.45, 7) is 0. The first-order valence-corrected chi connectivity index (χ1v) is 4.52. The van der Waals surface area contributed by atoms with Crippen molar-refractivity contribution in [2.75, 3.05) is 14.2 Å².